The number of amides is 1. The van der Waals surface area contributed by atoms with Crippen LogP contribution in [0.15, 0.2) is 49.6 Å². The van der Waals surface area contributed by atoms with Gasteiger partial charge >= 0.3 is 0 Å². The van der Waals surface area contributed by atoms with Crippen molar-refractivity contribution in [2.45, 2.75) is 6.92 Å². The molecule has 2 heterocycles. The van der Waals surface area contributed by atoms with Crippen LogP contribution >= 0.6 is 0 Å². The fraction of sp³-hybridized carbons (Fsp3) is 0.158. The van der Waals surface area contributed by atoms with Gasteiger partial charge < -0.3 is 10.1 Å². The fourth-order valence-electron chi connectivity index (χ4n) is 2.54. The summed E-state index contributed by atoms with van der Waals surface area (Å²) >= 11 is 0. The molecule has 0 aliphatic rings. The predicted octanol–water partition coefficient (Wildman–Crippen LogP) is 3.49. The Hall–Kier alpha value is -3.46. The lowest BCUT2D eigenvalue weighted by atomic mass is 10.2. The number of rotatable bonds is 8. The number of carbonyl (C=O) groups is 1. The van der Waals surface area contributed by atoms with Gasteiger partial charge in [0.1, 0.15) is 42.5 Å². The Labute approximate surface area is 159 Å². The van der Waals surface area contributed by atoms with Gasteiger partial charge in [-0.15, -0.1) is 0 Å². The number of ether oxygens (including phenoxy) is 1. The maximum absolute atomic E-state index is 14.4. The van der Waals surface area contributed by atoms with Crippen molar-refractivity contribution >= 4 is 22.9 Å². The van der Waals surface area contributed by atoms with Crippen molar-refractivity contribution < 1.29 is 23.1 Å². The van der Waals surface area contributed by atoms with Crippen LogP contribution in [0.2, 0.25) is 0 Å². The molecule has 3 rings (SSSR count). The number of hydroxylamine groups is 1. The molecule has 0 radical (unpaired) electrons. The third kappa shape index (κ3) is 4.09. The van der Waals surface area contributed by atoms with Gasteiger partial charge in [0.2, 0.25) is 0 Å². The Morgan fingerprint density at radius 1 is 1.29 bits per heavy atom. The van der Waals surface area contributed by atoms with E-state index in [-0.39, 0.29) is 35.8 Å². The van der Waals surface area contributed by atoms with Crippen LogP contribution in [0.1, 0.15) is 15.9 Å². The molecule has 1 amide bonds. The van der Waals surface area contributed by atoms with E-state index in [2.05, 4.69) is 22.4 Å². The average molecular weight is 388 g/mol. The molecule has 0 bridgehead atoms. The van der Waals surface area contributed by atoms with Gasteiger partial charge in [-0.3, -0.25) is 14.0 Å². The number of fused-ring (bicyclic) bond motifs is 1. The molecular formula is C19H18F2N4O3. The molecule has 0 aliphatic heterocycles. The van der Waals surface area contributed by atoms with Crippen LogP contribution in [-0.2, 0) is 9.57 Å². The first-order valence-corrected chi connectivity index (χ1v) is 8.33. The van der Waals surface area contributed by atoms with Gasteiger partial charge in [-0.25, -0.2) is 19.2 Å². The highest BCUT2D eigenvalue weighted by atomic mass is 19.1. The van der Waals surface area contributed by atoms with E-state index in [1.165, 1.54) is 35.3 Å². The lowest BCUT2D eigenvalue weighted by molar-refractivity contribution is 0.0145. The minimum absolute atomic E-state index is 0.0584. The van der Waals surface area contributed by atoms with Crippen LogP contribution in [0.5, 0.6) is 0 Å². The molecule has 0 aliphatic carbocycles. The van der Waals surface area contributed by atoms with Gasteiger partial charge in [0.15, 0.2) is 0 Å². The third-order valence-electron chi connectivity index (χ3n) is 3.86. The van der Waals surface area contributed by atoms with Crippen LogP contribution in [0.3, 0.4) is 0 Å². The lowest BCUT2D eigenvalue weighted by Crippen LogP contribution is -2.27. The lowest BCUT2D eigenvalue weighted by Gasteiger charge is -2.15. The predicted molar refractivity (Wildman–Crippen MR) is 99.1 cm³/mol. The number of hydrogen-bond donors (Lipinski definition) is 2. The topological polar surface area (TPSA) is 76.9 Å². The summed E-state index contributed by atoms with van der Waals surface area (Å²) in [4.78, 5) is 21.4. The quantitative estimate of drug-likeness (QED) is 0.351. The summed E-state index contributed by atoms with van der Waals surface area (Å²) < 4.78 is 34.8. The number of nitrogens with one attached hydrogen (secondary N) is 2. The van der Waals surface area contributed by atoms with Crippen molar-refractivity contribution in [2.24, 2.45) is 0 Å². The molecule has 2 N–H and O–H groups in total. The number of aryl methyl sites for hydroxylation is 1. The summed E-state index contributed by atoms with van der Waals surface area (Å²) in [7, 11) is 0. The van der Waals surface area contributed by atoms with Crippen molar-refractivity contribution in [3.8, 4) is 0 Å². The normalized spacial score (nSPS) is 10.7. The summed E-state index contributed by atoms with van der Waals surface area (Å²) in [5.74, 6) is -1.75. The van der Waals surface area contributed by atoms with Crippen molar-refractivity contribution in [3.63, 3.8) is 0 Å². The highest BCUT2D eigenvalue weighted by molar-refractivity contribution is 5.99. The number of pyridine rings is 1. The molecule has 0 spiro atoms. The fourth-order valence-corrected chi connectivity index (χ4v) is 2.54. The molecule has 1 aromatic carbocycles. The average Bonchev–Trinajstić information content (AvgIpc) is 3.16. The zero-order valence-corrected chi connectivity index (χ0v) is 15.0. The molecule has 0 saturated carbocycles. The number of imidazole rings is 1. The third-order valence-corrected chi connectivity index (χ3v) is 3.86. The highest BCUT2D eigenvalue weighted by Crippen LogP contribution is 2.27. The van der Waals surface area contributed by atoms with Crippen LogP contribution in [-0.4, -0.2) is 28.5 Å². The molecule has 0 unspecified atom stereocenters. The van der Waals surface area contributed by atoms with E-state index in [4.69, 9.17) is 9.57 Å². The minimum Gasteiger partial charge on any atom is -0.499 e. The molecule has 0 fully saturated rings. The van der Waals surface area contributed by atoms with Crippen molar-refractivity contribution in [1.29, 1.82) is 0 Å². The van der Waals surface area contributed by atoms with Gasteiger partial charge in [-0.05, 0) is 30.7 Å². The van der Waals surface area contributed by atoms with E-state index < -0.39 is 17.5 Å². The molecule has 2 aromatic heterocycles. The SMILES string of the molecule is C=COCCONC(=O)c1cc(F)c2cncn2c1Nc1ccc(C)cc1F. The van der Waals surface area contributed by atoms with Crippen molar-refractivity contribution in [3.05, 3.63) is 72.4 Å². The zero-order valence-electron chi connectivity index (χ0n) is 15.0. The smallest absolute Gasteiger partial charge is 0.278 e. The minimum atomic E-state index is -0.719. The first-order chi connectivity index (χ1) is 13.5. The Kier molecular flexibility index (Phi) is 5.85. The number of carbonyl (C=O) groups excluding carboxylic acids is 1. The van der Waals surface area contributed by atoms with Gasteiger partial charge in [-0.1, -0.05) is 12.6 Å². The molecule has 9 heteroatoms. The summed E-state index contributed by atoms with van der Waals surface area (Å²) in [6, 6.07) is 5.62. The maximum Gasteiger partial charge on any atom is 0.278 e. The van der Waals surface area contributed by atoms with E-state index >= 15 is 0 Å². The summed E-state index contributed by atoms with van der Waals surface area (Å²) in [6.07, 6.45) is 3.87. The second-order valence-electron chi connectivity index (χ2n) is 5.83. The number of aromatic nitrogens is 2. The first-order valence-electron chi connectivity index (χ1n) is 8.33. The van der Waals surface area contributed by atoms with Crippen molar-refractivity contribution in [1.82, 2.24) is 14.9 Å². The van der Waals surface area contributed by atoms with E-state index in [9.17, 15) is 13.6 Å². The summed E-state index contributed by atoms with van der Waals surface area (Å²) in [5.41, 5.74) is 3.11. The van der Waals surface area contributed by atoms with E-state index in [0.717, 1.165) is 11.6 Å². The number of halogens is 2. The Morgan fingerprint density at radius 3 is 2.86 bits per heavy atom. The highest BCUT2D eigenvalue weighted by Gasteiger charge is 2.20. The molecule has 0 atom stereocenters. The van der Waals surface area contributed by atoms with Crippen molar-refractivity contribution in [2.75, 3.05) is 18.5 Å². The Bertz CT molecular complexity index is 1020. The molecule has 3 aromatic rings. The van der Waals surface area contributed by atoms with E-state index in [1.807, 2.05) is 0 Å². The van der Waals surface area contributed by atoms with Gasteiger partial charge in [0.05, 0.1) is 23.7 Å². The second-order valence-corrected chi connectivity index (χ2v) is 5.83. The Balaban J connectivity index is 1.93. The number of benzene rings is 1. The molecular weight excluding hydrogens is 370 g/mol. The van der Waals surface area contributed by atoms with Gasteiger partial charge in [-0.2, -0.15) is 0 Å². The molecule has 7 nitrogen and oxygen atoms in total. The van der Waals surface area contributed by atoms with Gasteiger partial charge in [0, 0.05) is 0 Å². The second kappa shape index (κ2) is 8.49. The first kappa shape index (κ1) is 19.3. The van der Waals surface area contributed by atoms with Crippen LogP contribution < -0.4 is 10.8 Å². The van der Waals surface area contributed by atoms with Crippen LogP contribution in [0.4, 0.5) is 20.3 Å². The van der Waals surface area contributed by atoms with Gasteiger partial charge in [0.25, 0.3) is 5.91 Å². The zero-order chi connectivity index (χ0) is 20.1. The molecule has 0 saturated heterocycles. The van der Waals surface area contributed by atoms with E-state index in [0.29, 0.717) is 0 Å². The van der Waals surface area contributed by atoms with Crippen LogP contribution in [0, 0.1) is 18.6 Å². The maximum atomic E-state index is 14.4. The Morgan fingerprint density at radius 2 is 2.11 bits per heavy atom. The monoisotopic (exact) mass is 388 g/mol. The summed E-state index contributed by atoms with van der Waals surface area (Å²) in [6.45, 7) is 5.38. The number of nitrogens with zero attached hydrogens (tertiary/aromatic N) is 2. The molecule has 28 heavy (non-hydrogen) atoms. The number of hydrogen-bond acceptors (Lipinski definition) is 5. The summed E-state index contributed by atoms with van der Waals surface area (Å²) in [5, 5.41) is 2.84. The standard InChI is InChI=1S/C19H18F2N4O3/c1-3-27-6-7-28-24-19(26)13-9-15(21)17-10-22-11-25(17)18(13)23-16-5-4-12(2)8-14(16)20/h3-5,8-11,23H,1,6-7H2,2H3,(H,24,26). The largest absolute Gasteiger partial charge is 0.499 e. The van der Waals surface area contributed by atoms with E-state index in [1.54, 1.807) is 13.0 Å². The van der Waals surface area contributed by atoms with Crippen LogP contribution in [0.25, 0.3) is 5.52 Å². The molecule has 146 valence electrons. The number of anilines is 2.